The standard InChI is InChI=1S/C11H21NO2/c13-9-10-5-4-8-12(10)14-11-6-2-1-3-7-11/h10-11,13H,1-9H2. The third-order valence-electron chi connectivity index (χ3n) is 3.37. The summed E-state index contributed by atoms with van der Waals surface area (Å²) in [5.74, 6) is 0. The largest absolute Gasteiger partial charge is 0.395 e. The lowest BCUT2D eigenvalue weighted by Gasteiger charge is -2.29. The Morgan fingerprint density at radius 2 is 1.86 bits per heavy atom. The van der Waals surface area contributed by atoms with Crippen molar-refractivity contribution < 1.29 is 9.94 Å². The molecule has 1 heterocycles. The Labute approximate surface area is 86.0 Å². The van der Waals surface area contributed by atoms with Crippen molar-refractivity contribution in [3.63, 3.8) is 0 Å². The van der Waals surface area contributed by atoms with E-state index in [0.717, 1.165) is 19.4 Å². The predicted molar refractivity (Wildman–Crippen MR) is 54.8 cm³/mol. The second kappa shape index (κ2) is 5.10. The fourth-order valence-electron chi connectivity index (χ4n) is 2.49. The van der Waals surface area contributed by atoms with E-state index >= 15 is 0 Å². The smallest absolute Gasteiger partial charge is 0.0793 e. The number of hydrogen-bond donors (Lipinski definition) is 1. The third-order valence-corrected chi connectivity index (χ3v) is 3.37. The van der Waals surface area contributed by atoms with Gasteiger partial charge >= 0.3 is 0 Å². The first-order chi connectivity index (χ1) is 6.90. The lowest BCUT2D eigenvalue weighted by atomic mass is 9.98. The quantitative estimate of drug-likeness (QED) is 0.751. The lowest BCUT2D eigenvalue weighted by Crippen LogP contribution is -2.36. The summed E-state index contributed by atoms with van der Waals surface area (Å²) in [4.78, 5) is 5.93. The average Bonchev–Trinajstić information content (AvgIpc) is 2.67. The maximum absolute atomic E-state index is 9.14. The van der Waals surface area contributed by atoms with E-state index in [0.29, 0.717) is 6.10 Å². The van der Waals surface area contributed by atoms with Crippen LogP contribution in [0.1, 0.15) is 44.9 Å². The van der Waals surface area contributed by atoms with E-state index in [1.165, 1.54) is 32.1 Å². The van der Waals surface area contributed by atoms with Gasteiger partial charge in [-0.3, -0.25) is 4.84 Å². The van der Waals surface area contributed by atoms with Gasteiger partial charge in [0.15, 0.2) is 0 Å². The molecule has 1 unspecified atom stereocenters. The second-order valence-corrected chi connectivity index (χ2v) is 4.48. The minimum atomic E-state index is 0.243. The van der Waals surface area contributed by atoms with E-state index in [-0.39, 0.29) is 12.6 Å². The summed E-state index contributed by atoms with van der Waals surface area (Å²) in [7, 11) is 0. The Morgan fingerprint density at radius 1 is 1.07 bits per heavy atom. The van der Waals surface area contributed by atoms with Crippen LogP contribution in [0.4, 0.5) is 0 Å². The van der Waals surface area contributed by atoms with Crippen LogP contribution in [-0.2, 0) is 4.84 Å². The van der Waals surface area contributed by atoms with E-state index in [2.05, 4.69) is 0 Å². The van der Waals surface area contributed by atoms with Crippen LogP contribution in [0.25, 0.3) is 0 Å². The monoisotopic (exact) mass is 199 g/mol. The Hall–Kier alpha value is -0.120. The summed E-state index contributed by atoms with van der Waals surface area (Å²) in [5.41, 5.74) is 0. The molecule has 0 spiro atoms. The summed E-state index contributed by atoms with van der Waals surface area (Å²) >= 11 is 0. The molecule has 1 aliphatic heterocycles. The van der Waals surface area contributed by atoms with Crippen molar-refractivity contribution in [2.24, 2.45) is 0 Å². The molecule has 1 atom stereocenters. The molecule has 1 N–H and O–H groups in total. The van der Waals surface area contributed by atoms with Gasteiger partial charge < -0.3 is 5.11 Å². The first kappa shape index (κ1) is 10.4. The van der Waals surface area contributed by atoms with Crippen LogP contribution in [0, 0.1) is 0 Å². The van der Waals surface area contributed by atoms with Crippen LogP contribution in [0.2, 0.25) is 0 Å². The second-order valence-electron chi connectivity index (χ2n) is 4.48. The van der Waals surface area contributed by atoms with Gasteiger partial charge in [0.2, 0.25) is 0 Å². The molecule has 0 aromatic carbocycles. The molecule has 0 radical (unpaired) electrons. The summed E-state index contributed by atoms with van der Waals surface area (Å²) in [6.07, 6.45) is 9.06. The number of hydrogen-bond acceptors (Lipinski definition) is 3. The fraction of sp³-hybridized carbons (Fsp3) is 1.00. The number of nitrogens with zero attached hydrogens (tertiary/aromatic N) is 1. The van der Waals surface area contributed by atoms with Crippen molar-refractivity contribution in [3.05, 3.63) is 0 Å². The summed E-state index contributed by atoms with van der Waals surface area (Å²) in [6.45, 7) is 1.24. The van der Waals surface area contributed by atoms with E-state index < -0.39 is 0 Å². The van der Waals surface area contributed by atoms with Crippen molar-refractivity contribution in [1.29, 1.82) is 0 Å². The van der Waals surface area contributed by atoms with E-state index in [1.54, 1.807) is 0 Å². The van der Waals surface area contributed by atoms with Crippen molar-refractivity contribution >= 4 is 0 Å². The Kier molecular flexibility index (Phi) is 3.79. The molecule has 0 amide bonds. The molecule has 0 aromatic rings. The molecule has 1 saturated heterocycles. The van der Waals surface area contributed by atoms with Gasteiger partial charge in [-0.15, -0.1) is 0 Å². The molecule has 1 saturated carbocycles. The maximum atomic E-state index is 9.14. The van der Waals surface area contributed by atoms with Crippen LogP contribution in [-0.4, -0.2) is 35.5 Å². The van der Waals surface area contributed by atoms with Crippen molar-refractivity contribution in [2.45, 2.75) is 57.1 Å². The SMILES string of the molecule is OCC1CCCN1OC1CCCCC1. The number of hydroxylamine groups is 2. The molecule has 3 heteroatoms. The van der Waals surface area contributed by atoms with Gasteiger partial charge in [0.05, 0.1) is 18.8 Å². The highest BCUT2D eigenvalue weighted by Crippen LogP contribution is 2.25. The molecule has 2 rings (SSSR count). The van der Waals surface area contributed by atoms with Crippen LogP contribution >= 0.6 is 0 Å². The zero-order valence-electron chi connectivity index (χ0n) is 8.82. The molecule has 2 fully saturated rings. The van der Waals surface area contributed by atoms with E-state index in [1.807, 2.05) is 5.06 Å². The lowest BCUT2D eigenvalue weighted by molar-refractivity contribution is -0.217. The molecular weight excluding hydrogens is 178 g/mol. The summed E-state index contributed by atoms with van der Waals surface area (Å²) in [6, 6.07) is 0.261. The topological polar surface area (TPSA) is 32.7 Å². The molecule has 2 aliphatic rings. The zero-order valence-corrected chi connectivity index (χ0v) is 8.82. The molecule has 14 heavy (non-hydrogen) atoms. The Morgan fingerprint density at radius 3 is 2.57 bits per heavy atom. The molecule has 0 bridgehead atoms. The molecule has 0 aromatic heterocycles. The minimum Gasteiger partial charge on any atom is -0.395 e. The van der Waals surface area contributed by atoms with E-state index in [9.17, 15) is 0 Å². The Bertz CT molecular complexity index is 169. The van der Waals surface area contributed by atoms with Crippen molar-refractivity contribution in [3.8, 4) is 0 Å². The van der Waals surface area contributed by atoms with Gasteiger partial charge in [0, 0.05) is 6.54 Å². The minimum absolute atomic E-state index is 0.243. The first-order valence-electron chi connectivity index (χ1n) is 5.94. The molecule has 1 aliphatic carbocycles. The normalized spacial score (nSPS) is 31.1. The number of rotatable bonds is 3. The van der Waals surface area contributed by atoms with Crippen LogP contribution in [0.3, 0.4) is 0 Å². The van der Waals surface area contributed by atoms with Gasteiger partial charge in [-0.05, 0) is 25.7 Å². The first-order valence-corrected chi connectivity index (χ1v) is 5.94. The van der Waals surface area contributed by atoms with Crippen molar-refractivity contribution in [1.82, 2.24) is 5.06 Å². The van der Waals surface area contributed by atoms with Gasteiger partial charge in [-0.25, -0.2) is 0 Å². The third kappa shape index (κ3) is 2.47. The summed E-state index contributed by atoms with van der Waals surface area (Å²) < 4.78 is 0. The maximum Gasteiger partial charge on any atom is 0.0793 e. The van der Waals surface area contributed by atoms with E-state index in [4.69, 9.17) is 9.94 Å². The highest BCUT2D eigenvalue weighted by molar-refractivity contribution is 4.74. The molecular formula is C11H21NO2. The van der Waals surface area contributed by atoms with Gasteiger partial charge in [-0.2, -0.15) is 5.06 Å². The number of aliphatic hydroxyl groups excluding tert-OH is 1. The summed E-state index contributed by atoms with van der Waals surface area (Å²) in [5, 5.41) is 11.2. The zero-order chi connectivity index (χ0) is 9.80. The van der Waals surface area contributed by atoms with Crippen LogP contribution in [0.15, 0.2) is 0 Å². The molecule has 82 valence electrons. The van der Waals surface area contributed by atoms with Crippen molar-refractivity contribution in [2.75, 3.05) is 13.2 Å². The number of aliphatic hydroxyl groups is 1. The Balaban J connectivity index is 1.77. The highest BCUT2D eigenvalue weighted by Gasteiger charge is 2.27. The fourth-order valence-corrected chi connectivity index (χ4v) is 2.49. The van der Waals surface area contributed by atoms with Crippen LogP contribution < -0.4 is 0 Å². The van der Waals surface area contributed by atoms with Crippen LogP contribution in [0.5, 0.6) is 0 Å². The van der Waals surface area contributed by atoms with Gasteiger partial charge in [0.25, 0.3) is 0 Å². The average molecular weight is 199 g/mol. The van der Waals surface area contributed by atoms with Gasteiger partial charge in [-0.1, -0.05) is 19.3 Å². The molecule has 3 nitrogen and oxygen atoms in total. The van der Waals surface area contributed by atoms with Gasteiger partial charge in [0.1, 0.15) is 0 Å². The highest BCUT2D eigenvalue weighted by atomic mass is 16.7. The predicted octanol–water partition coefficient (Wildman–Crippen LogP) is 1.71.